The molecule has 13 heavy (non-hydrogen) atoms. The molecule has 0 spiro atoms. The van der Waals surface area contributed by atoms with Gasteiger partial charge in [0.2, 0.25) is 0 Å². The van der Waals surface area contributed by atoms with E-state index in [1.165, 1.54) is 6.92 Å². The van der Waals surface area contributed by atoms with Crippen molar-refractivity contribution in [1.82, 2.24) is 0 Å². The zero-order chi connectivity index (χ0) is 9.84. The molecule has 66 valence electrons. The van der Waals surface area contributed by atoms with Crippen molar-refractivity contribution in [3.05, 3.63) is 34.9 Å². The van der Waals surface area contributed by atoms with Crippen LogP contribution in [0.4, 0.5) is 0 Å². The molecule has 0 saturated heterocycles. The summed E-state index contributed by atoms with van der Waals surface area (Å²) in [5.74, 6) is -0.818. The maximum absolute atomic E-state index is 11.0. The van der Waals surface area contributed by atoms with Crippen molar-refractivity contribution in [2.75, 3.05) is 0 Å². The molecule has 0 aromatic heterocycles. The fraction of sp³-hybridized carbons (Fsp3) is 0.200. The molecule has 0 aliphatic carbocycles. The number of nitrogens with zero attached hydrogens (tertiary/aromatic N) is 1. The number of Topliss-reactive ketones (excluding diaryl/α,β-unsaturated/α-hetero) is 1. The van der Waals surface area contributed by atoms with E-state index >= 15 is 0 Å². The molecule has 1 rings (SSSR count). The zero-order valence-corrected chi connectivity index (χ0v) is 7.88. The fourth-order valence-electron chi connectivity index (χ4n) is 1.06. The Balaban J connectivity index is 3.01. The summed E-state index contributed by atoms with van der Waals surface area (Å²) in [7, 11) is 0. The van der Waals surface area contributed by atoms with E-state index in [1.54, 1.807) is 24.3 Å². The highest BCUT2D eigenvalue weighted by atomic mass is 35.5. The van der Waals surface area contributed by atoms with E-state index in [0.717, 1.165) is 0 Å². The monoisotopic (exact) mass is 193 g/mol. The standard InChI is InChI=1S/C10H8ClNO/c1-7(13)10(6-12)8-2-4-9(11)5-3-8/h2-5,10H,1H3/t10-/m0/s1. The van der Waals surface area contributed by atoms with Gasteiger partial charge < -0.3 is 0 Å². The molecule has 3 heteroatoms. The molecule has 0 radical (unpaired) electrons. The summed E-state index contributed by atoms with van der Waals surface area (Å²) in [4.78, 5) is 11.0. The van der Waals surface area contributed by atoms with E-state index < -0.39 is 5.92 Å². The average molecular weight is 194 g/mol. The third-order valence-electron chi connectivity index (χ3n) is 1.74. The van der Waals surface area contributed by atoms with Crippen molar-refractivity contribution in [1.29, 1.82) is 5.26 Å². The number of carbonyl (C=O) groups is 1. The molecule has 0 amide bonds. The lowest BCUT2D eigenvalue weighted by Gasteiger charge is -2.04. The van der Waals surface area contributed by atoms with Crippen LogP contribution in [0, 0.1) is 11.3 Å². The normalized spacial score (nSPS) is 11.8. The van der Waals surface area contributed by atoms with Crippen molar-refractivity contribution >= 4 is 17.4 Å². The summed E-state index contributed by atoms with van der Waals surface area (Å²) >= 11 is 5.67. The second-order valence-electron chi connectivity index (χ2n) is 2.72. The Hall–Kier alpha value is -1.33. The smallest absolute Gasteiger partial charge is 0.151 e. The third-order valence-corrected chi connectivity index (χ3v) is 1.99. The summed E-state index contributed by atoms with van der Waals surface area (Å²) < 4.78 is 0. The van der Waals surface area contributed by atoms with Gasteiger partial charge in [0.25, 0.3) is 0 Å². The average Bonchev–Trinajstić information content (AvgIpc) is 2.09. The van der Waals surface area contributed by atoms with E-state index in [4.69, 9.17) is 16.9 Å². The number of nitriles is 1. The molecule has 0 aliphatic heterocycles. The number of halogens is 1. The van der Waals surface area contributed by atoms with Gasteiger partial charge in [-0.1, -0.05) is 23.7 Å². The van der Waals surface area contributed by atoms with Crippen LogP contribution in [-0.4, -0.2) is 5.78 Å². The molecule has 0 saturated carbocycles. The lowest BCUT2D eigenvalue weighted by Crippen LogP contribution is -2.05. The molecule has 2 nitrogen and oxygen atoms in total. The van der Waals surface area contributed by atoms with Crippen LogP contribution in [0.2, 0.25) is 5.02 Å². The largest absolute Gasteiger partial charge is 0.298 e. The van der Waals surface area contributed by atoms with Crippen molar-refractivity contribution < 1.29 is 4.79 Å². The summed E-state index contributed by atoms with van der Waals surface area (Å²) in [6, 6.07) is 8.67. The number of benzene rings is 1. The highest BCUT2D eigenvalue weighted by Gasteiger charge is 2.14. The summed E-state index contributed by atoms with van der Waals surface area (Å²) in [5, 5.41) is 9.32. The first-order valence-corrected chi connectivity index (χ1v) is 4.18. The molecule has 1 aromatic carbocycles. The van der Waals surface area contributed by atoms with Gasteiger partial charge in [0.1, 0.15) is 5.92 Å². The first-order chi connectivity index (χ1) is 6.15. The number of ketones is 1. The van der Waals surface area contributed by atoms with Crippen LogP contribution in [-0.2, 0) is 4.79 Å². The molecule has 0 unspecified atom stereocenters. The Morgan fingerprint density at radius 1 is 1.46 bits per heavy atom. The van der Waals surface area contributed by atoms with Crippen molar-refractivity contribution in [2.24, 2.45) is 0 Å². The highest BCUT2D eigenvalue weighted by Crippen LogP contribution is 2.18. The predicted molar refractivity (Wildman–Crippen MR) is 50.5 cm³/mol. The molecular weight excluding hydrogens is 186 g/mol. The van der Waals surface area contributed by atoms with Gasteiger partial charge in [0, 0.05) is 5.02 Å². The first-order valence-electron chi connectivity index (χ1n) is 3.80. The maximum Gasteiger partial charge on any atom is 0.151 e. The molecule has 0 fully saturated rings. The third kappa shape index (κ3) is 2.30. The quantitative estimate of drug-likeness (QED) is 0.724. The molecule has 1 aromatic rings. The van der Waals surface area contributed by atoms with Crippen LogP contribution in [0.3, 0.4) is 0 Å². The topological polar surface area (TPSA) is 40.9 Å². The van der Waals surface area contributed by atoms with Gasteiger partial charge in [-0.2, -0.15) is 5.26 Å². The summed E-state index contributed by atoms with van der Waals surface area (Å²) in [6.45, 7) is 1.41. The van der Waals surface area contributed by atoms with E-state index in [9.17, 15) is 4.79 Å². The van der Waals surface area contributed by atoms with Crippen molar-refractivity contribution in [3.8, 4) is 6.07 Å². The van der Waals surface area contributed by atoms with Gasteiger partial charge in [-0.3, -0.25) is 4.79 Å². The van der Waals surface area contributed by atoms with E-state index in [0.29, 0.717) is 10.6 Å². The second-order valence-corrected chi connectivity index (χ2v) is 3.16. The van der Waals surface area contributed by atoms with E-state index in [-0.39, 0.29) is 5.78 Å². The van der Waals surface area contributed by atoms with Gasteiger partial charge in [0.05, 0.1) is 6.07 Å². The highest BCUT2D eigenvalue weighted by molar-refractivity contribution is 6.30. The summed E-state index contributed by atoms with van der Waals surface area (Å²) in [6.07, 6.45) is 0. The Kier molecular flexibility index (Phi) is 3.05. The fourth-order valence-corrected chi connectivity index (χ4v) is 1.18. The van der Waals surface area contributed by atoms with Crippen LogP contribution < -0.4 is 0 Å². The van der Waals surface area contributed by atoms with Crippen molar-refractivity contribution in [3.63, 3.8) is 0 Å². The Labute approximate surface area is 81.7 Å². The molecule has 0 aliphatic rings. The SMILES string of the molecule is CC(=O)[C@H](C#N)c1ccc(Cl)cc1. The molecule has 0 heterocycles. The van der Waals surface area contributed by atoms with Gasteiger partial charge >= 0.3 is 0 Å². The van der Waals surface area contributed by atoms with Crippen LogP contribution in [0.25, 0.3) is 0 Å². The Bertz CT molecular complexity index is 350. The molecule has 1 atom stereocenters. The van der Waals surface area contributed by atoms with Gasteiger partial charge in [-0.15, -0.1) is 0 Å². The predicted octanol–water partition coefficient (Wildman–Crippen LogP) is 2.54. The van der Waals surface area contributed by atoms with Gasteiger partial charge in [-0.05, 0) is 24.6 Å². The van der Waals surface area contributed by atoms with Crippen LogP contribution >= 0.6 is 11.6 Å². The zero-order valence-electron chi connectivity index (χ0n) is 7.12. The number of hydrogen-bond donors (Lipinski definition) is 0. The second kappa shape index (κ2) is 4.06. The maximum atomic E-state index is 11.0. The van der Waals surface area contributed by atoms with Crippen LogP contribution in [0.1, 0.15) is 18.4 Å². The molecular formula is C10H8ClNO. The summed E-state index contributed by atoms with van der Waals surface area (Å²) in [5.41, 5.74) is 0.694. The van der Waals surface area contributed by atoms with Gasteiger partial charge in [-0.25, -0.2) is 0 Å². The minimum absolute atomic E-state index is 0.148. The Morgan fingerprint density at radius 2 is 2.00 bits per heavy atom. The van der Waals surface area contributed by atoms with Crippen LogP contribution in [0.15, 0.2) is 24.3 Å². The van der Waals surface area contributed by atoms with Crippen LogP contribution in [0.5, 0.6) is 0 Å². The minimum atomic E-state index is -0.669. The number of hydrogen-bond acceptors (Lipinski definition) is 2. The Morgan fingerprint density at radius 3 is 2.38 bits per heavy atom. The van der Waals surface area contributed by atoms with E-state index in [1.807, 2.05) is 6.07 Å². The first kappa shape index (κ1) is 9.76. The molecule has 0 N–H and O–H groups in total. The minimum Gasteiger partial charge on any atom is -0.298 e. The lowest BCUT2D eigenvalue weighted by molar-refractivity contribution is -0.117. The lowest BCUT2D eigenvalue weighted by atomic mass is 9.97. The number of carbonyl (C=O) groups excluding carboxylic acids is 1. The number of rotatable bonds is 2. The van der Waals surface area contributed by atoms with Crippen molar-refractivity contribution in [2.45, 2.75) is 12.8 Å². The van der Waals surface area contributed by atoms with E-state index in [2.05, 4.69) is 0 Å². The van der Waals surface area contributed by atoms with Gasteiger partial charge in [0.15, 0.2) is 5.78 Å². The molecule has 0 bridgehead atoms.